The van der Waals surface area contributed by atoms with Crippen LogP contribution >= 0.6 is 11.5 Å². The number of aromatic nitrogens is 4. The van der Waals surface area contributed by atoms with Crippen LogP contribution in [0.4, 0.5) is 34.5 Å². The molecule has 0 atom stereocenters. The number of rotatable bonds is 8. The van der Waals surface area contributed by atoms with Crippen molar-refractivity contribution in [2.24, 2.45) is 0 Å². The van der Waals surface area contributed by atoms with Crippen molar-refractivity contribution in [2.75, 3.05) is 30.8 Å². The van der Waals surface area contributed by atoms with Crippen molar-refractivity contribution in [1.29, 1.82) is 0 Å². The van der Waals surface area contributed by atoms with E-state index in [0.29, 0.717) is 17.6 Å². The summed E-state index contributed by atoms with van der Waals surface area (Å²) in [6, 6.07) is 3.02. The van der Waals surface area contributed by atoms with Crippen LogP contribution in [0.2, 0.25) is 0 Å². The van der Waals surface area contributed by atoms with Crippen molar-refractivity contribution in [2.45, 2.75) is 13.1 Å². The van der Waals surface area contributed by atoms with E-state index in [-0.39, 0.29) is 35.4 Å². The summed E-state index contributed by atoms with van der Waals surface area (Å²) in [5.41, 5.74) is -0.357. The number of hydrogen-bond donors (Lipinski definition) is 3. The van der Waals surface area contributed by atoms with Crippen molar-refractivity contribution in [3.05, 3.63) is 47.7 Å². The zero-order chi connectivity index (χ0) is 24.9. The Labute approximate surface area is 194 Å². The topological polar surface area (TPSA) is 142 Å². The molecule has 0 aromatic carbocycles. The molecule has 34 heavy (non-hydrogen) atoms. The summed E-state index contributed by atoms with van der Waals surface area (Å²) in [4.78, 5) is 35.7. The Balaban J connectivity index is 1.66. The Morgan fingerprint density at radius 3 is 2.65 bits per heavy atom. The van der Waals surface area contributed by atoms with Crippen molar-refractivity contribution in [3.8, 4) is 5.88 Å². The third-order valence-electron chi connectivity index (χ3n) is 4.25. The highest BCUT2D eigenvalue weighted by molar-refractivity contribution is 7.10. The van der Waals surface area contributed by atoms with Crippen LogP contribution in [-0.2, 0) is 6.18 Å². The second kappa shape index (κ2) is 10.3. The van der Waals surface area contributed by atoms with Gasteiger partial charge in [0.15, 0.2) is 5.69 Å². The van der Waals surface area contributed by atoms with Gasteiger partial charge in [-0.3, -0.25) is 9.78 Å². The highest BCUT2D eigenvalue weighted by Crippen LogP contribution is 2.31. The van der Waals surface area contributed by atoms with Crippen molar-refractivity contribution in [1.82, 2.24) is 24.2 Å². The normalized spacial score (nSPS) is 11.1. The number of alkyl halides is 3. The molecule has 15 heteroatoms. The van der Waals surface area contributed by atoms with Gasteiger partial charge in [-0.2, -0.15) is 17.5 Å². The number of nitrogens with zero attached hydrogens (tertiary/aromatic N) is 5. The van der Waals surface area contributed by atoms with E-state index in [4.69, 9.17) is 9.84 Å². The monoisotopic (exact) mass is 497 g/mol. The molecule has 0 saturated heterocycles. The van der Waals surface area contributed by atoms with Crippen LogP contribution in [0.3, 0.4) is 0 Å². The predicted octanol–water partition coefficient (Wildman–Crippen LogP) is 3.64. The molecule has 0 unspecified atom stereocenters. The van der Waals surface area contributed by atoms with Crippen LogP contribution in [-0.4, -0.2) is 61.5 Å². The van der Waals surface area contributed by atoms with E-state index >= 15 is 0 Å². The fourth-order valence-electron chi connectivity index (χ4n) is 2.52. The van der Waals surface area contributed by atoms with Gasteiger partial charge in [0.25, 0.3) is 5.91 Å². The minimum Gasteiger partial charge on any atom is -0.476 e. The van der Waals surface area contributed by atoms with Gasteiger partial charge in [-0.15, -0.1) is 0 Å². The number of likely N-dealkylation sites (N-methyl/N-ethyl adjacent to an activating group) is 1. The molecule has 0 aliphatic heterocycles. The number of hydrogen-bond acceptors (Lipinski definition) is 9. The van der Waals surface area contributed by atoms with E-state index in [1.165, 1.54) is 25.4 Å². The summed E-state index contributed by atoms with van der Waals surface area (Å²) in [6.07, 6.45) is -2.70. The van der Waals surface area contributed by atoms with E-state index in [1.54, 1.807) is 6.92 Å². The van der Waals surface area contributed by atoms with E-state index in [9.17, 15) is 22.8 Å². The molecular formula is C19H18F3N7O4S. The van der Waals surface area contributed by atoms with Gasteiger partial charge < -0.3 is 25.4 Å². The number of anilines is 3. The zero-order valence-corrected chi connectivity index (χ0v) is 18.6. The van der Waals surface area contributed by atoms with Crippen molar-refractivity contribution >= 4 is 40.0 Å². The van der Waals surface area contributed by atoms with Gasteiger partial charge in [0, 0.05) is 13.1 Å². The minimum absolute atomic E-state index is 0.0920. The summed E-state index contributed by atoms with van der Waals surface area (Å²) < 4.78 is 48.1. The van der Waals surface area contributed by atoms with Gasteiger partial charge in [0.2, 0.25) is 5.88 Å². The maximum Gasteiger partial charge on any atom is 0.434 e. The highest BCUT2D eigenvalue weighted by atomic mass is 32.1. The summed E-state index contributed by atoms with van der Waals surface area (Å²) >= 11 is 0.887. The van der Waals surface area contributed by atoms with Crippen LogP contribution in [0.5, 0.6) is 5.88 Å². The lowest BCUT2D eigenvalue weighted by molar-refractivity contribution is -0.141. The van der Waals surface area contributed by atoms with Gasteiger partial charge in [-0.25, -0.2) is 14.8 Å². The molecule has 3 rings (SSSR count). The third-order valence-corrected chi connectivity index (χ3v) is 5.11. The third kappa shape index (κ3) is 6.28. The molecule has 3 aromatic heterocycles. The molecule has 0 fully saturated rings. The van der Waals surface area contributed by atoms with E-state index in [1.807, 2.05) is 0 Å². The molecule has 3 N–H and O–H groups in total. The minimum atomic E-state index is -4.66. The number of halogens is 3. The van der Waals surface area contributed by atoms with Crippen LogP contribution in [0.15, 0.2) is 30.7 Å². The molecule has 0 spiro atoms. The molecule has 3 aromatic rings. The second-order valence-electron chi connectivity index (χ2n) is 6.78. The van der Waals surface area contributed by atoms with E-state index < -0.39 is 23.9 Å². The Morgan fingerprint density at radius 1 is 1.24 bits per heavy atom. The van der Waals surface area contributed by atoms with Crippen molar-refractivity contribution < 1.29 is 32.6 Å². The molecule has 0 aliphatic carbocycles. The second-order valence-corrected chi connectivity index (χ2v) is 7.55. The molecule has 3 heterocycles. The smallest absolute Gasteiger partial charge is 0.434 e. The fourth-order valence-corrected chi connectivity index (χ4v) is 3.32. The summed E-state index contributed by atoms with van der Waals surface area (Å²) in [6.45, 7) is 1.82. The van der Waals surface area contributed by atoms with Crippen LogP contribution in [0.1, 0.15) is 21.7 Å². The van der Waals surface area contributed by atoms with E-state index in [2.05, 4.69) is 30.0 Å². The number of carbonyl (C=O) groups is 2. The lowest BCUT2D eigenvalue weighted by atomic mass is 10.2. The molecule has 0 saturated carbocycles. The van der Waals surface area contributed by atoms with Crippen molar-refractivity contribution in [3.63, 3.8) is 0 Å². The van der Waals surface area contributed by atoms with Crippen LogP contribution in [0, 0.1) is 6.92 Å². The quantitative estimate of drug-likeness (QED) is 0.425. The largest absolute Gasteiger partial charge is 0.476 e. The molecular weight excluding hydrogens is 479 g/mol. The van der Waals surface area contributed by atoms with Crippen LogP contribution < -0.4 is 15.4 Å². The van der Waals surface area contributed by atoms with Gasteiger partial charge in [-0.1, -0.05) is 0 Å². The number of ether oxygens (including phenoxy) is 1. The molecule has 180 valence electrons. The van der Waals surface area contributed by atoms with E-state index in [0.717, 1.165) is 22.6 Å². The standard InChI is InChI=1S/C19H18F3N7O4S/c1-10-15(17(34-28-10)27-13-9-23-8-12(26-13)19(20,21)22)16(30)25-11-3-4-14(24-7-11)33-6-5-29(2)18(31)32/h3-4,7-9H,5-6H2,1-2H3,(H,25,30)(H,26,27)(H,31,32). The Bertz CT molecular complexity index is 1170. The average Bonchev–Trinajstić information content (AvgIpc) is 3.14. The molecule has 11 nitrogen and oxygen atoms in total. The first-order valence-corrected chi connectivity index (χ1v) is 10.3. The van der Waals surface area contributed by atoms with Gasteiger partial charge >= 0.3 is 12.3 Å². The van der Waals surface area contributed by atoms with Gasteiger partial charge in [-0.05, 0) is 24.5 Å². The number of pyridine rings is 1. The van der Waals surface area contributed by atoms with Crippen LogP contribution in [0.25, 0.3) is 0 Å². The zero-order valence-electron chi connectivity index (χ0n) is 17.8. The number of amides is 2. The van der Waals surface area contributed by atoms with Gasteiger partial charge in [0.05, 0.1) is 42.1 Å². The molecule has 2 amide bonds. The Kier molecular flexibility index (Phi) is 7.45. The molecule has 0 radical (unpaired) electrons. The maximum atomic E-state index is 12.9. The first-order chi connectivity index (χ1) is 16.0. The highest BCUT2D eigenvalue weighted by Gasteiger charge is 2.33. The Morgan fingerprint density at radius 2 is 2.00 bits per heavy atom. The maximum absolute atomic E-state index is 12.9. The number of carboxylic acid groups (broad SMARTS) is 1. The first-order valence-electron chi connectivity index (χ1n) is 9.51. The number of carbonyl (C=O) groups excluding carboxylic acids is 1. The fraction of sp³-hybridized carbons (Fsp3) is 0.263. The predicted molar refractivity (Wildman–Crippen MR) is 116 cm³/mol. The first kappa shape index (κ1) is 24.6. The molecule has 0 aliphatic rings. The lowest BCUT2D eigenvalue weighted by Crippen LogP contribution is -2.29. The number of aryl methyl sites for hydroxylation is 1. The van der Waals surface area contributed by atoms with Gasteiger partial charge in [0.1, 0.15) is 17.4 Å². The SMILES string of the molecule is Cc1nsc(Nc2cncc(C(F)(F)F)n2)c1C(=O)Nc1ccc(OCCN(C)C(=O)O)nc1. The number of nitrogens with one attached hydrogen (secondary N) is 2. The average molecular weight is 497 g/mol. The Hall–Kier alpha value is -4.01. The summed E-state index contributed by atoms with van der Waals surface area (Å²) in [5.74, 6) is -0.521. The summed E-state index contributed by atoms with van der Waals surface area (Å²) in [7, 11) is 1.40. The lowest BCUT2D eigenvalue weighted by Gasteiger charge is -2.13. The molecule has 0 bridgehead atoms. The summed E-state index contributed by atoms with van der Waals surface area (Å²) in [5, 5.41) is 14.3.